The fourth-order valence-electron chi connectivity index (χ4n) is 3.26. The predicted molar refractivity (Wildman–Crippen MR) is 123 cm³/mol. The Morgan fingerprint density at radius 1 is 1.22 bits per heavy atom. The van der Waals surface area contributed by atoms with E-state index in [1.165, 1.54) is 18.1 Å². The van der Waals surface area contributed by atoms with Crippen molar-refractivity contribution in [3.8, 4) is 5.75 Å². The molecule has 2 aromatic carbocycles. The topological polar surface area (TPSA) is 97.0 Å². The molecule has 2 N–H and O–H groups in total. The number of anilines is 3. The van der Waals surface area contributed by atoms with Gasteiger partial charge in [0.2, 0.25) is 5.91 Å². The molecule has 0 spiro atoms. The number of aryl methyl sites for hydroxylation is 1. The van der Waals surface area contributed by atoms with E-state index in [9.17, 15) is 14.4 Å². The Hall–Kier alpha value is -3.52. The first-order valence-corrected chi connectivity index (χ1v) is 10.4. The molecule has 3 rings (SSSR count). The average Bonchev–Trinajstić information content (AvgIpc) is 2.87. The lowest BCUT2D eigenvalue weighted by atomic mass is 10.2. The molecule has 8 nitrogen and oxygen atoms in total. The molecule has 2 amide bonds. The van der Waals surface area contributed by atoms with Gasteiger partial charge in [0.05, 0.1) is 37.2 Å². The summed E-state index contributed by atoms with van der Waals surface area (Å²) in [6, 6.07) is 10.4. The lowest BCUT2D eigenvalue weighted by Gasteiger charge is -2.22. The highest BCUT2D eigenvalue weighted by atomic mass is 35.5. The van der Waals surface area contributed by atoms with Crippen LogP contribution < -0.4 is 20.3 Å². The normalized spacial score (nSPS) is 12.8. The number of fused-ring (bicyclic) bond motifs is 1. The molecule has 32 heavy (non-hydrogen) atoms. The van der Waals surface area contributed by atoms with Crippen LogP contribution >= 0.6 is 11.6 Å². The first kappa shape index (κ1) is 23.1. The molecule has 0 bridgehead atoms. The van der Waals surface area contributed by atoms with Gasteiger partial charge in [0.25, 0.3) is 5.91 Å². The number of carbonyl (C=O) groups excluding carboxylic acids is 3. The summed E-state index contributed by atoms with van der Waals surface area (Å²) in [5.41, 5.74) is 2.73. The van der Waals surface area contributed by atoms with E-state index in [1.807, 2.05) is 6.92 Å². The maximum absolute atomic E-state index is 13.0. The summed E-state index contributed by atoms with van der Waals surface area (Å²) in [5.74, 6) is -0.894. The highest BCUT2D eigenvalue weighted by Crippen LogP contribution is 2.32. The number of nitrogens with zero attached hydrogens (tertiary/aromatic N) is 1. The van der Waals surface area contributed by atoms with Crippen LogP contribution in [0.25, 0.3) is 0 Å². The first-order chi connectivity index (χ1) is 15.3. The Balaban J connectivity index is 1.84. The van der Waals surface area contributed by atoms with E-state index in [0.717, 1.165) is 5.56 Å². The summed E-state index contributed by atoms with van der Waals surface area (Å²) >= 11 is 6.13. The van der Waals surface area contributed by atoms with Gasteiger partial charge < -0.3 is 20.1 Å². The largest absolute Gasteiger partial charge is 0.495 e. The van der Waals surface area contributed by atoms with Gasteiger partial charge in [-0.3, -0.25) is 19.3 Å². The van der Waals surface area contributed by atoms with E-state index >= 15 is 0 Å². The van der Waals surface area contributed by atoms with Crippen LogP contribution in [0.2, 0.25) is 5.02 Å². The molecule has 0 aromatic heterocycles. The van der Waals surface area contributed by atoms with Crippen molar-refractivity contribution in [2.75, 3.05) is 35.8 Å². The Kier molecular flexibility index (Phi) is 7.37. The van der Waals surface area contributed by atoms with Crippen LogP contribution in [0.15, 0.2) is 48.2 Å². The number of para-hydroxylation sites is 2. The molecule has 0 unspecified atom stereocenters. The fourth-order valence-corrected chi connectivity index (χ4v) is 3.41. The lowest BCUT2D eigenvalue weighted by Crippen LogP contribution is -2.37. The number of carbonyl (C=O) groups is 3. The van der Waals surface area contributed by atoms with Crippen LogP contribution in [0.3, 0.4) is 0 Å². The van der Waals surface area contributed by atoms with Gasteiger partial charge in [-0.05, 0) is 37.6 Å². The maximum Gasteiger partial charge on any atom is 0.311 e. The number of amides is 2. The molecule has 2 aromatic rings. The molecule has 1 aliphatic rings. The summed E-state index contributed by atoms with van der Waals surface area (Å²) in [6.07, 6.45) is 1.21. The Labute approximate surface area is 191 Å². The Morgan fingerprint density at radius 2 is 1.97 bits per heavy atom. The minimum absolute atomic E-state index is 0.0881. The third kappa shape index (κ3) is 5.39. The summed E-state index contributed by atoms with van der Waals surface area (Å²) < 4.78 is 10.3. The summed E-state index contributed by atoms with van der Waals surface area (Å²) in [6.45, 7) is 3.53. The third-order valence-corrected chi connectivity index (χ3v) is 5.16. The summed E-state index contributed by atoms with van der Waals surface area (Å²) in [5, 5.41) is 6.39. The second-order valence-corrected chi connectivity index (χ2v) is 7.47. The molecule has 0 saturated carbocycles. The average molecular weight is 458 g/mol. The minimum Gasteiger partial charge on any atom is -0.495 e. The van der Waals surface area contributed by atoms with Crippen molar-refractivity contribution >= 4 is 46.4 Å². The number of benzene rings is 2. The number of ether oxygens (including phenoxy) is 2. The molecular formula is C23H24ClN3O5. The van der Waals surface area contributed by atoms with Crippen molar-refractivity contribution in [1.29, 1.82) is 0 Å². The zero-order valence-electron chi connectivity index (χ0n) is 18.0. The molecule has 0 fully saturated rings. The van der Waals surface area contributed by atoms with Gasteiger partial charge in [0.15, 0.2) is 0 Å². The zero-order chi connectivity index (χ0) is 23.3. The highest BCUT2D eigenvalue weighted by Gasteiger charge is 2.25. The van der Waals surface area contributed by atoms with Gasteiger partial charge in [-0.2, -0.15) is 0 Å². The molecule has 0 radical (unpaired) electrons. The molecule has 168 valence electrons. The molecule has 0 atom stereocenters. The maximum atomic E-state index is 13.0. The van der Waals surface area contributed by atoms with Gasteiger partial charge in [-0.25, -0.2) is 0 Å². The van der Waals surface area contributed by atoms with E-state index in [4.69, 9.17) is 21.1 Å². The first-order valence-electron chi connectivity index (χ1n) is 10.00. The number of esters is 1. The molecule has 9 heteroatoms. The fraction of sp³-hybridized carbons (Fsp3) is 0.261. The van der Waals surface area contributed by atoms with E-state index in [0.29, 0.717) is 33.5 Å². The number of rotatable bonds is 7. The lowest BCUT2D eigenvalue weighted by molar-refractivity contribution is -0.142. The second kappa shape index (κ2) is 10.2. The van der Waals surface area contributed by atoms with Crippen molar-refractivity contribution in [3.63, 3.8) is 0 Å². The van der Waals surface area contributed by atoms with Crippen molar-refractivity contribution < 1.29 is 23.9 Å². The monoisotopic (exact) mass is 457 g/mol. The SMILES string of the molecule is CCOC(=O)CC1=CC(=O)N(CC(=O)Nc2cc(C)c(Cl)cc2OC)c2ccccc2N1. The van der Waals surface area contributed by atoms with Crippen LogP contribution in [0.4, 0.5) is 17.1 Å². The number of methoxy groups -OCH3 is 1. The summed E-state index contributed by atoms with van der Waals surface area (Å²) in [4.78, 5) is 39.1. The van der Waals surface area contributed by atoms with Crippen molar-refractivity contribution in [2.24, 2.45) is 0 Å². The predicted octanol–water partition coefficient (Wildman–Crippen LogP) is 3.89. The van der Waals surface area contributed by atoms with Crippen LogP contribution in [-0.2, 0) is 19.1 Å². The van der Waals surface area contributed by atoms with Crippen molar-refractivity contribution in [2.45, 2.75) is 20.3 Å². The van der Waals surface area contributed by atoms with Crippen molar-refractivity contribution in [1.82, 2.24) is 0 Å². The molecular weight excluding hydrogens is 434 g/mol. The van der Waals surface area contributed by atoms with E-state index < -0.39 is 17.8 Å². The van der Waals surface area contributed by atoms with Crippen LogP contribution in [0, 0.1) is 6.92 Å². The zero-order valence-corrected chi connectivity index (χ0v) is 18.8. The van der Waals surface area contributed by atoms with Gasteiger partial charge >= 0.3 is 5.97 Å². The third-order valence-electron chi connectivity index (χ3n) is 4.75. The molecule has 1 heterocycles. The standard InChI is InChI=1S/C23H24ClN3O5/c1-4-32-23(30)11-15-10-22(29)27(19-8-6-5-7-17(19)25-15)13-21(28)26-18-9-14(2)16(24)12-20(18)31-3/h5-10,12,25H,4,11,13H2,1-3H3,(H,26,28). The van der Waals surface area contributed by atoms with Gasteiger partial charge in [0, 0.05) is 22.9 Å². The van der Waals surface area contributed by atoms with Crippen LogP contribution in [0.1, 0.15) is 18.9 Å². The minimum atomic E-state index is -0.451. The van der Waals surface area contributed by atoms with Crippen molar-refractivity contribution in [3.05, 3.63) is 58.8 Å². The van der Waals surface area contributed by atoms with E-state index in [1.54, 1.807) is 43.3 Å². The Morgan fingerprint density at radius 3 is 2.69 bits per heavy atom. The molecule has 0 saturated heterocycles. The summed E-state index contributed by atoms with van der Waals surface area (Å²) in [7, 11) is 1.48. The number of nitrogens with one attached hydrogen (secondary N) is 2. The second-order valence-electron chi connectivity index (χ2n) is 7.07. The van der Waals surface area contributed by atoms with Crippen LogP contribution in [0.5, 0.6) is 5.75 Å². The number of hydrogen-bond donors (Lipinski definition) is 2. The Bertz CT molecular complexity index is 1080. The number of halogens is 1. The number of hydrogen-bond acceptors (Lipinski definition) is 6. The highest BCUT2D eigenvalue weighted by molar-refractivity contribution is 6.31. The van der Waals surface area contributed by atoms with E-state index in [2.05, 4.69) is 10.6 Å². The van der Waals surface area contributed by atoms with Crippen LogP contribution in [-0.4, -0.2) is 38.0 Å². The van der Waals surface area contributed by atoms with E-state index in [-0.39, 0.29) is 19.6 Å². The van der Waals surface area contributed by atoms with Gasteiger partial charge in [-0.15, -0.1) is 0 Å². The quantitative estimate of drug-likeness (QED) is 0.612. The van der Waals surface area contributed by atoms with Gasteiger partial charge in [-0.1, -0.05) is 23.7 Å². The smallest absolute Gasteiger partial charge is 0.311 e. The molecule has 1 aliphatic heterocycles. The molecule has 0 aliphatic carbocycles. The van der Waals surface area contributed by atoms with Gasteiger partial charge in [0.1, 0.15) is 12.3 Å².